The van der Waals surface area contributed by atoms with Crippen LogP contribution in [-0.2, 0) is 0 Å². The molecular formula is C20H15N3O2. The third kappa shape index (κ3) is 3.21. The Kier molecular flexibility index (Phi) is 3.88. The lowest BCUT2D eigenvalue weighted by Gasteiger charge is -2.07. The summed E-state index contributed by atoms with van der Waals surface area (Å²) in [4.78, 5) is 11.9. The zero-order chi connectivity index (χ0) is 17.1. The first kappa shape index (κ1) is 15.0. The summed E-state index contributed by atoms with van der Waals surface area (Å²) in [5.41, 5.74) is 3.50. The zero-order valence-electron chi connectivity index (χ0n) is 13.3. The Morgan fingerprint density at radius 3 is 2.40 bits per heavy atom. The number of H-pyrrole nitrogens is 1. The molecule has 0 bridgehead atoms. The molecule has 5 heteroatoms. The highest BCUT2D eigenvalue weighted by molar-refractivity contribution is 5.93. The normalized spacial score (nSPS) is 10.6. The number of benzene rings is 3. The number of anilines is 1. The van der Waals surface area contributed by atoms with Gasteiger partial charge >= 0.3 is 6.09 Å². The highest BCUT2D eigenvalue weighted by Crippen LogP contribution is 2.27. The molecule has 0 radical (unpaired) electrons. The third-order valence-corrected chi connectivity index (χ3v) is 3.83. The van der Waals surface area contributed by atoms with E-state index in [0.29, 0.717) is 11.4 Å². The van der Waals surface area contributed by atoms with Crippen molar-refractivity contribution in [3.05, 3.63) is 78.9 Å². The number of ether oxygens (including phenoxy) is 1. The lowest BCUT2D eigenvalue weighted by Crippen LogP contribution is -2.16. The minimum absolute atomic E-state index is 0.500. The maximum absolute atomic E-state index is 11.9. The molecular weight excluding hydrogens is 314 g/mol. The number of nitrogens with zero attached hydrogens (tertiary/aromatic N) is 1. The lowest BCUT2D eigenvalue weighted by molar-refractivity contribution is 0.215. The van der Waals surface area contributed by atoms with Crippen LogP contribution < -0.4 is 10.1 Å². The van der Waals surface area contributed by atoms with Crippen LogP contribution in [0.1, 0.15) is 0 Å². The standard InChI is InChI=1S/C20H15N3O2/c24-20(25-16-6-2-1-3-7-16)21-15-12-10-14(11-13-15)19-17-8-4-5-9-18(17)22-23-19/h1-13H,(H,21,24)(H,22,23). The molecule has 5 nitrogen and oxygen atoms in total. The van der Waals surface area contributed by atoms with Crippen molar-refractivity contribution in [2.24, 2.45) is 0 Å². The van der Waals surface area contributed by atoms with E-state index in [1.165, 1.54) is 0 Å². The molecule has 0 aliphatic carbocycles. The van der Waals surface area contributed by atoms with Gasteiger partial charge in [-0.1, -0.05) is 48.5 Å². The molecule has 1 heterocycles. The SMILES string of the molecule is O=C(Nc1ccc(-c2n[nH]c3ccccc23)cc1)Oc1ccccc1. The maximum Gasteiger partial charge on any atom is 0.417 e. The van der Waals surface area contributed by atoms with Crippen molar-refractivity contribution in [3.63, 3.8) is 0 Å². The van der Waals surface area contributed by atoms with Gasteiger partial charge in [0.05, 0.1) is 11.2 Å². The Hall–Kier alpha value is -3.60. The number of rotatable bonds is 3. The van der Waals surface area contributed by atoms with Crippen LogP contribution in [0.25, 0.3) is 22.2 Å². The smallest absolute Gasteiger partial charge is 0.410 e. The molecule has 1 amide bonds. The minimum atomic E-state index is -0.524. The molecule has 0 spiro atoms. The summed E-state index contributed by atoms with van der Waals surface area (Å²) in [5, 5.41) is 11.2. The Balaban J connectivity index is 1.49. The summed E-state index contributed by atoms with van der Waals surface area (Å²) in [6.45, 7) is 0. The first-order valence-corrected chi connectivity index (χ1v) is 7.87. The second kappa shape index (κ2) is 6.49. The van der Waals surface area contributed by atoms with Crippen LogP contribution in [0.3, 0.4) is 0 Å². The maximum atomic E-state index is 11.9. The van der Waals surface area contributed by atoms with E-state index in [2.05, 4.69) is 15.5 Å². The summed E-state index contributed by atoms with van der Waals surface area (Å²) in [6, 6.07) is 24.4. The van der Waals surface area contributed by atoms with E-state index >= 15 is 0 Å². The molecule has 122 valence electrons. The van der Waals surface area contributed by atoms with Crippen molar-refractivity contribution in [2.75, 3.05) is 5.32 Å². The summed E-state index contributed by atoms with van der Waals surface area (Å²) in [6.07, 6.45) is -0.524. The van der Waals surface area contributed by atoms with Gasteiger partial charge in [0.25, 0.3) is 0 Å². The van der Waals surface area contributed by atoms with E-state index in [0.717, 1.165) is 22.2 Å². The number of nitrogens with one attached hydrogen (secondary N) is 2. The molecule has 0 fully saturated rings. The van der Waals surface area contributed by atoms with Crippen LogP contribution in [0.2, 0.25) is 0 Å². The van der Waals surface area contributed by atoms with Crippen molar-refractivity contribution in [3.8, 4) is 17.0 Å². The number of para-hydroxylation sites is 2. The number of amides is 1. The zero-order valence-corrected chi connectivity index (χ0v) is 13.3. The summed E-state index contributed by atoms with van der Waals surface area (Å²) in [7, 11) is 0. The highest BCUT2D eigenvalue weighted by Gasteiger charge is 2.09. The van der Waals surface area contributed by atoms with E-state index in [1.807, 2.05) is 66.7 Å². The predicted octanol–water partition coefficient (Wildman–Crippen LogP) is 4.84. The van der Waals surface area contributed by atoms with Gasteiger partial charge in [-0.2, -0.15) is 5.10 Å². The Morgan fingerprint density at radius 2 is 1.60 bits per heavy atom. The van der Waals surface area contributed by atoms with Crippen LogP contribution in [0.15, 0.2) is 78.9 Å². The van der Waals surface area contributed by atoms with E-state index < -0.39 is 6.09 Å². The van der Waals surface area contributed by atoms with Gasteiger partial charge in [0, 0.05) is 16.6 Å². The second-order valence-electron chi connectivity index (χ2n) is 5.52. The molecule has 0 atom stereocenters. The molecule has 0 saturated heterocycles. The molecule has 0 unspecified atom stereocenters. The number of aromatic nitrogens is 2. The highest BCUT2D eigenvalue weighted by atomic mass is 16.6. The van der Waals surface area contributed by atoms with Gasteiger partial charge in [-0.3, -0.25) is 10.4 Å². The fourth-order valence-corrected chi connectivity index (χ4v) is 2.63. The molecule has 3 aromatic carbocycles. The Bertz CT molecular complexity index is 1010. The van der Waals surface area contributed by atoms with Gasteiger partial charge in [0.15, 0.2) is 0 Å². The predicted molar refractivity (Wildman–Crippen MR) is 97.6 cm³/mol. The monoisotopic (exact) mass is 329 g/mol. The molecule has 2 N–H and O–H groups in total. The van der Waals surface area contributed by atoms with Crippen molar-refractivity contribution in [1.29, 1.82) is 0 Å². The van der Waals surface area contributed by atoms with Crippen LogP contribution in [0, 0.1) is 0 Å². The van der Waals surface area contributed by atoms with E-state index in [1.54, 1.807) is 12.1 Å². The van der Waals surface area contributed by atoms with Crippen molar-refractivity contribution < 1.29 is 9.53 Å². The number of hydrogen-bond donors (Lipinski definition) is 2. The first-order valence-electron chi connectivity index (χ1n) is 7.87. The molecule has 4 rings (SSSR count). The lowest BCUT2D eigenvalue weighted by atomic mass is 10.1. The Morgan fingerprint density at radius 1 is 0.880 bits per heavy atom. The van der Waals surface area contributed by atoms with Crippen molar-refractivity contribution in [2.45, 2.75) is 0 Å². The number of carbonyl (C=O) groups is 1. The molecule has 0 saturated carbocycles. The van der Waals surface area contributed by atoms with Gasteiger partial charge < -0.3 is 4.74 Å². The Labute approximate surface area is 144 Å². The third-order valence-electron chi connectivity index (χ3n) is 3.83. The molecule has 25 heavy (non-hydrogen) atoms. The molecule has 1 aromatic heterocycles. The first-order chi connectivity index (χ1) is 12.3. The summed E-state index contributed by atoms with van der Waals surface area (Å²) in [5.74, 6) is 0.500. The number of fused-ring (bicyclic) bond motifs is 1. The van der Waals surface area contributed by atoms with E-state index in [-0.39, 0.29) is 0 Å². The van der Waals surface area contributed by atoms with Crippen molar-refractivity contribution >= 4 is 22.7 Å². The minimum Gasteiger partial charge on any atom is -0.410 e. The fourth-order valence-electron chi connectivity index (χ4n) is 2.63. The topological polar surface area (TPSA) is 67.0 Å². The summed E-state index contributed by atoms with van der Waals surface area (Å²) >= 11 is 0. The van der Waals surface area contributed by atoms with Gasteiger partial charge in [0.1, 0.15) is 5.75 Å². The van der Waals surface area contributed by atoms with E-state index in [4.69, 9.17) is 4.74 Å². The average molecular weight is 329 g/mol. The van der Waals surface area contributed by atoms with Crippen LogP contribution in [0.4, 0.5) is 10.5 Å². The molecule has 0 aliphatic heterocycles. The van der Waals surface area contributed by atoms with Gasteiger partial charge in [-0.25, -0.2) is 4.79 Å². The van der Waals surface area contributed by atoms with E-state index in [9.17, 15) is 4.79 Å². The van der Waals surface area contributed by atoms with Crippen LogP contribution >= 0.6 is 0 Å². The quantitative estimate of drug-likeness (QED) is 0.565. The average Bonchev–Trinajstić information content (AvgIpc) is 3.07. The van der Waals surface area contributed by atoms with Gasteiger partial charge in [0.2, 0.25) is 0 Å². The van der Waals surface area contributed by atoms with Crippen LogP contribution in [0.5, 0.6) is 5.75 Å². The van der Waals surface area contributed by atoms with Gasteiger partial charge in [-0.15, -0.1) is 0 Å². The number of hydrogen-bond acceptors (Lipinski definition) is 3. The molecule has 0 aliphatic rings. The van der Waals surface area contributed by atoms with Crippen LogP contribution in [-0.4, -0.2) is 16.3 Å². The van der Waals surface area contributed by atoms with Gasteiger partial charge in [-0.05, 0) is 30.3 Å². The fraction of sp³-hybridized carbons (Fsp3) is 0. The summed E-state index contributed by atoms with van der Waals surface area (Å²) < 4.78 is 5.21. The number of aromatic amines is 1. The number of carbonyl (C=O) groups excluding carboxylic acids is 1. The molecule has 4 aromatic rings. The second-order valence-corrected chi connectivity index (χ2v) is 5.52. The van der Waals surface area contributed by atoms with Crippen molar-refractivity contribution in [1.82, 2.24) is 10.2 Å². The largest absolute Gasteiger partial charge is 0.417 e.